The molecule has 0 radical (unpaired) electrons. The van der Waals surface area contributed by atoms with Crippen LogP contribution in [0.15, 0.2) is 48.5 Å². The molecule has 1 aliphatic heterocycles. The number of aliphatic carboxylic acids is 1. The summed E-state index contributed by atoms with van der Waals surface area (Å²) in [7, 11) is 0. The van der Waals surface area contributed by atoms with E-state index in [4.69, 9.17) is 0 Å². The van der Waals surface area contributed by atoms with Crippen LogP contribution in [0.25, 0.3) is 0 Å². The number of fused-ring (bicyclic) bond motifs is 1. The molecule has 1 saturated heterocycles. The van der Waals surface area contributed by atoms with Crippen molar-refractivity contribution in [3.8, 4) is 0 Å². The summed E-state index contributed by atoms with van der Waals surface area (Å²) in [6, 6.07) is 16.1. The standard InChI is InChI=1S/C27H32N2O3/c1-26(2)13-15(14-27(3,4)29-26)28-24(30)22-20-16-9-5-7-11-18(16)21(23(22)25(31)32)19-12-8-6-10-17(19)20/h5-12,15,20-23,29H,13-14H2,1-4H3,(H,28,30)(H,31,32). The van der Waals surface area contributed by atoms with E-state index in [0.717, 1.165) is 35.1 Å². The quantitative estimate of drug-likeness (QED) is 0.685. The third-order valence-electron chi connectivity index (χ3n) is 7.56. The molecule has 2 unspecified atom stereocenters. The zero-order valence-electron chi connectivity index (χ0n) is 19.2. The first kappa shape index (κ1) is 21.2. The average molecular weight is 433 g/mol. The van der Waals surface area contributed by atoms with Gasteiger partial charge in [0, 0.05) is 29.0 Å². The molecule has 6 rings (SSSR count). The lowest BCUT2D eigenvalue weighted by molar-refractivity contribution is -0.149. The van der Waals surface area contributed by atoms with E-state index in [2.05, 4.69) is 50.5 Å². The zero-order valence-corrected chi connectivity index (χ0v) is 19.2. The number of carboxylic acids is 1. The molecule has 5 nitrogen and oxygen atoms in total. The number of hydrogen-bond donors (Lipinski definition) is 3. The predicted molar refractivity (Wildman–Crippen MR) is 124 cm³/mol. The fourth-order valence-corrected chi connectivity index (χ4v) is 7.01. The normalized spacial score (nSPS) is 29.6. The number of piperidine rings is 1. The molecule has 2 aromatic carbocycles. The molecule has 1 fully saturated rings. The van der Waals surface area contributed by atoms with Crippen molar-refractivity contribution in [3.05, 3.63) is 70.8 Å². The molecule has 2 aromatic rings. The van der Waals surface area contributed by atoms with Crippen LogP contribution in [0, 0.1) is 11.8 Å². The third kappa shape index (κ3) is 3.34. The molecule has 1 amide bonds. The molecule has 32 heavy (non-hydrogen) atoms. The lowest BCUT2D eigenvalue weighted by atomic mass is 9.54. The molecule has 4 aliphatic rings. The van der Waals surface area contributed by atoms with Crippen molar-refractivity contribution in [1.29, 1.82) is 0 Å². The fraction of sp³-hybridized carbons (Fsp3) is 0.481. The Morgan fingerprint density at radius 3 is 1.62 bits per heavy atom. The Balaban J connectivity index is 1.55. The van der Waals surface area contributed by atoms with E-state index >= 15 is 0 Å². The van der Waals surface area contributed by atoms with Gasteiger partial charge >= 0.3 is 5.97 Å². The first-order valence-electron chi connectivity index (χ1n) is 11.6. The topological polar surface area (TPSA) is 78.4 Å². The lowest BCUT2D eigenvalue weighted by Gasteiger charge is -2.50. The second-order valence-corrected chi connectivity index (χ2v) is 11.1. The summed E-state index contributed by atoms with van der Waals surface area (Å²) in [6.45, 7) is 8.62. The minimum absolute atomic E-state index is 0.00846. The van der Waals surface area contributed by atoms with Crippen molar-refractivity contribution in [3.63, 3.8) is 0 Å². The summed E-state index contributed by atoms with van der Waals surface area (Å²) < 4.78 is 0. The van der Waals surface area contributed by atoms with Crippen LogP contribution in [0.5, 0.6) is 0 Å². The fourth-order valence-electron chi connectivity index (χ4n) is 7.01. The Morgan fingerprint density at radius 2 is 1.22 bits per heavy atom. The van der Waals surface area contributed by atoms with Crippen LogP contribution in [-0.2, 0) is 9.59 Å². The van der Waals surface area contributed by atoms with Crippen LogP contribution in [-0.4, -0.2) is 34.1 Å². The van der Waals surface area contributed by atoms with E-state index in [1.54, 1.807) is 0 Å². The van der Waals surface area contributed by atoms with Crippen molar-refractivity contribution >= 4 is 11.9 Å². The van der Waals surface area contributed by atoms with Crippen LogP contribution < -0.4 is 10.6 Å². The van der Waals surface area contributed by atoms with Gasteiger partial charge in [0.2, 0.25) is 5.91 Å². The third-order valence-corrected chi connectivity index (χ3v) is 7.56. The summed E-state index contributed by atoms with van der Waals surface area (Å²) in [5.41, 5.74) is 4.10. The minimum Gasteiger partial charge on any atom is -0.481 e. The summed E-state index contributed by atoms with van der Waals surface area (Å²) in [5.74, 6) is -2.96. The van der Waals surface area contributed by atoms with Gasteiger partial charge in [0.15, 0.2) is 0 Å². The SMILES string of the molecule is CC1(C)CC(NC(=O)C2C3c4ccccc4C(c4ccccc43)C2C(=O)O)CC(C)(C)N1. The first-order valence-corrected chi connectivity index (χ1v) is 11.6. The van der Waals surface area contributed by atoms with Crippen LogP contribution >= 0.6 is 0 Å². The smallest absolute Gasteiger partial charge is 0.308 e. The van der Waals surface area contributed by atoms with Gasteiger partial charge in [0.25, 0.3) is 0 Å². The van der Waals surface area contributed by atoms with Crippen LogP contribution in [0.4, 0.5) is 0 Å². The van der Waals surface area contributed by atoms with Gasteiger partial charge in [-0.3, -0.25) is 9.59 Å². The Morgan fingerprint density at radius 1 is 0.812 bits per heavy atom. The number of amides is 1. The van der Waals surface area contributed by atoms with Crippen molar-refractivity contribution < 1.29 is 14.7 Å². The molecule has 2 bridgehead atoms. The Labute approximate surface area is 189 Å². The second-order valence-electron chi connectivity index (χ2n) is 11.1. The Hall–Kier alpha value is -2.66. The van der Waals surface area contributed by atoms with Crippen LogP contribution in [0.1, 0.15) is 74.6 Å². The van der Waals surface area contributed by atoms with Gasteiger partial charge in [-0.25, -0.2) is 0 Å². The van der Waals surface area contributed by atoms with Gasteiger partial charge in [0.05, 0.1) is 11.8 Å². The maximum Gasteiger partial charge on any atom is 0.308 e. The van der Waals surface area contributed by atoms with Crippen molar-refractivity contribution in [2.75, 3.05) is 0 Å². The number of rotatable bonds is 3. The molecule has 0 saturated carbocycles. The highest BCUT2D eigenvalue weighted by atomic mass is 16.4. The molecule has 5 heteroatoms. The first-order chi connectivity index (χ1) is 15.1. The summed E-state index contributed by atoms with van der Waals surface area (Å²) >= 11 is 0. The maximum atomic E-state index is 13.8. The zero-order chi connectivity index (χ0) is 22.8. The minimum atomic E-state index is -0.893. The van der Waals surface area contributed by atoms with Crippen LogP contribution in [0.2, 0.25) is 0 Å². The highest BCUT2D eigenvalue weighted by Gasteiger charge is 2.55. The molecular weight excluding hydrogens is 400 g/mol. The average Bonchev–Trinajstić information content (AvgIpc) is 2.70. The number of benzene rings is 2. The van der Waals surface area contributed by atoms with E-state index in [1.807, 2.05) is 36.4 Å². The second kappa shape index (κ2) is 7.17. The Bertz CT molecular complexity index is 1030. The van der Waals surface area contributed by atoms with Gasteiger partial charge < -0.3 is 15.7 Å². The number of carbonyl (C=O) groups is 2. The van der Waals surface area contributed by atoms with Gasteiger partial charge in [0.1, 0.15) is 0 Å². The van der Waals surface area contributed by atoms with Gasteiger partial charge in [-0.05, 0) is 62.8 Å². The van der Waals surface area contributed by atoms with Crippen molar-refractivity contribution in [2.24, 2.45) is 11.8 Å². The van der Waals surface area contributed by atoms with Crippen LogP contribution in [0.3, 0.4) is 0 Å². The molecule has 1 heterocycles. The largest absolute Gasteiger partial charge is 0.481 e. The van der Waals surface area contributed by atoms with Crippen molar-refractivity contribution in [2.45, 2.75) is 69.5 Å². The molecule has 3 N–H and O–H groups in total. The molecule has 0 aromatic heterocycles. The van der Waals surface area contributed by atoms with E-state index in [0.29, 0.717) is 0 Å². The maximum absolute atomic E-state index is 13.8. The van der Waals surface area contributed by atoms with E-state index in [9.17, 15) is 14.7 Å². The summed E-state index contributed by atoms with van der Waals surface area (Å²) in [6.07, 6.45) is 1.63. The molecule has 168 valence electrons. The monoisotopic (exact) mass is 432 g/mol. The van der Waals surface area contributed by atoms with E-state index in [1.165, 1.54) is 0 Å². The highest BCUT2D eigenvalue weighted by molar-refractivity contribution is 5.90. The summed E-state index contributed by atoms with van der Waals surface area (Å²) in [4.78, 5) is 26.4. The number of nitrogens with one attached hydrogen (secondary N) is 2. The van der Waals surface area contributed by atoms with Crippen molar-refractivity contribution in [1.82, 2.24) is 10.6 Å². The molecular formula is C27H32N2O3. The Kier molecular flexibility index (Phi) is 4.75. The number of hydrogen-bond acceptors (Lipinski definition) is 3. The lowest BCUT2D eigenvalue weighted by Crippen LogP contribution is -2.63. The summed E-state index contributed by atoms with van der Waals surface area (Å²) in [5, 5.41) is 17.3. The van der Waals surface area contributed by atoms with Gasteiger partial charge in [-0.15, -0.1) is 0 Å². The predicted octanol–water partition coefficient (Wildman–Crippen LogP) is 4.02. The van der Waals surface area contributed by atoms with Gasteiger partial charge in [-0.2, -0.15) is 0 Å². The molecule has 3 aliphatic carbocycles. The van der Waals surface area contributed by atoms with E-state index in [-0.39, 0.29) is 34.9 Å². The van der Waals surface area contributed by atoms with E-state index < -0.39 is 17.8 Å². The van der Waals surface area contributed by atoms with Gasteiger partial charge in [-0.1, -0.05) is 48.5 Å². The molecule has 2 atom stereocenters. The highest BCUT2D eigenvalue weighted by Crippen LogP contribution is 2.58. The molecule has 0 spiro atoms. The number of carboxylic acid groups (broad SMARTS) is 1. The number of carbonyl (C=O) groups excluding carboxylic acids is 1.